The minimum absolute atomic E-state index is 0.332. The third-order valence-corrected chi connectivity index (χ3v) is 2.62. The van der Waals surface area contributed by atoms with Gasteiger partial charge in [0.25, 0.3) is 0 Å². The van der Waals surface area contributed by atoms with Crippen LogP contribution in [-0.4, -0.2) is 18.0 Å². The molecule has 0 bridgehead atoms. The van der Waals surface area contributed by atoms with Crippen molar-refractivity contribution < 1.29 is 14.3 Å². The number of primary amides is 1. The molecule has 1 aromatic carbocycles. The molecule has 0 fully saturated rings. The Morgan fingerprint density at radius 2 is 1.95 bits per heavy atom. The summed E-state index contributed by atoms with van der Waals surface area (Å²) >= 11 is 5.93. The number of rotatable bonds is 4. The second-order valence-corrected chi connectivity index (χ2v) is 4.06. The third-order valence-electron chi connectivity index (χ3n) is 2.35. The minimum Gasteiger partial charge on any atom is -0.480 e. The van der Waals surface area contributed by atoms with Crippen LogP contribution in [0.25, 0.3) is 0 Å². The van der Waals surface area contributed by atoms with E-state index >= 15 is 0 Å². The van der Waals surface area contributed by atoms with E-state index in [0.29, 0.717) is 28.0 Å². The van der Waals surface area contributed by atoms with E-state index < -0.39 is 5.91 Å². The average Bonchev–Trinajstić information content (AvgIpc) is 2.39. The number of nitrogens with two attached hydrogens (primary N) is 1. The van der Waals surface area contributed by atoms with Crippen molar-refractivity contribution in [3.05, 3.63) is 47.1 Å². The summed E-state index contributed by atoms with van der Waals surface area (Å²) in [5.41, 5.74) is 5.56. The van der Waals surface area contributed by atoms with Gasteiger partial charge in [-0.1, -0.05) is 11.6 Å². The number of ether oxygens (including phenoxy) is 2. The number of carbonyl (C=O) groups is 1. The standard InChI is InChI=1S/C13H11ClN2O3/c1-18-13-11(14)6-10(7-16-13)19-9-4-2-8(3-5-9)12(15)17/h2-7H,1H3,(H2,15,17). The zero-order valence-electron chi connectivity index (χ0n) is 10.1. The van der Waals surface area contributed by atoms with Gasteiger partial charge in [0.05, 0.1) is 13.3 Å². The predicted octanol–water partition coefficient (Wildman–Crippen LogP) is 2.63. The Morgan fingerprint density at radius 1 is 1.26 bits per heavy atom. The van der Waals surface area contributed by atoms with Crippen LogP contribution in [0.2, 0.25) is 5.02 Å². The molecule has 0 atom stereocenters. The molecular weight excluding hydrogens is 268 g/mol. The second-order valence-electron chi connectivity index (χ2n) is 3.65. The number of hydrogen-bond acceptors (Lipinski definition) is 4. The number of nitrogens with zero attached hydrogens (tertiary/aromatic N) is 1. The van der Waals surface area contributed by atoms with Gasteiger partial charge < -0.3 is 15.2 Å². The van der Waals surface area contributed by atoms with E-state index in [2.05, 4.69) is 4.98 Å². The summed E-state index contributed by atoms with van der Waals surface area (Å²) < 4.78 is 10.5. The monoisotopic (exact) mass is 278 g/mol. The highest BCUT2D eigenvalue weighted by Gasteiger charge is 2.06. The van der Waals surface area contributed by atoms with Crippen molar-refractivity contribution in [3.8, 4) is 17.4 Å². The van der Waals surface area contributed by atoms with Gasteiger partial charge in [-0.05, 0) is 24.3 Å². The van der Waals surface area contributed by atoms with Crippen molar-refractivity contribution in [2.24, 2.45) is 5.73 Å². The largest absolute Gasteiger partial charge is 0.480 e. The van der Waals surface area contributed by atoms with Gasteiger partial charge in [0, 0.05) is 11.6 Å². The number of benzene rings is 1. The number of hydrogen-bond donors (Lipinski definition) is 1. The Hall–Kier alpha value is -2.27. The van der Waals surface area contributed by atoms with Crippen molar-refractivity contribution >= 4 is 17.5 Å². The van der Waals surface area contributed by atoms with Crippen LogP contribution >= 0.6 is 11.6 Å². The summed E-state index contributed by atoms with van der Waals surface area (Å²) in [6, 6.07) is 8.03. The van der Waals surface area contributed by atoms with Crippen LogP contribution in [0.4, 0.5) is 0 Å². The number of pyridine rings is 1. The average molecular weight is 279 g/mol. The summed E-state index contributed by atoms with van der Waals surface area (Å²) in [4.78, 5) is 14.9. The Morgan fingerprint density at radius 3 is 2.47 bits per heavy atom. The molecule has 19 heavy (non-hydrogen) atoms. The van der Waals surface area contributed by atoms with E-state index in [1.165, 1.54) is 13.3 Å². The Labute approximate surface area is 114 Å². The van der Waals surface area contributed by atoms with E-state index in [-0.39, 0.29) is 0 Å². The lowest BCUT2D eigenvalue weighted by molar-refractivity contribution is 0.100. The van der Waals surface area contributed by atoms with Crippen LogP contribution in [0.3, 0.4) is 0 Å². The lowest BCUT2D eigenvalue weighted by Crippen LogP contribution is -2.10. The van der Waals surface area contributed by atoms with Crippen LogP contribution in [0.15, 0.2) is 36.5 Å². The zero-order valence-corrected chi connectivity index (χ0v) is 10.8. The lowest BCUT2D eigenvalue weighted by Gasteiger charge is -2.07. The lowest BCUT2D eigenvalue weighted by atomic mass is 10.2. The summed E-state index contributed by atoms with van der Waals surface area (Å²) in [5, 5.41) is 0.355. The van der Waals surface area contributed by atoms with Gasteiger partial charge in [0.2, 0.25) is 11.8 Å². The van der Waals surface area contributed by atoms with Gasteiger partial charge in [-0.25, -0.2) is 4.98 Å². The molecule has 0 aliphatic carbocycles. The number of aromatic nitrogens is 1. The molecule has 1 aromatic heterocycles. The smallest absolute Gasteiger partial charge is 0.248 e. The van der Waals surface area contributed by atoms with Crippen LogP contribution < -0.4 is 15.2 Å². The third kappa shape index (κ3) is 3.14. The number of halogens is 1. The number of methoxy groups -OCH3 is 1. The van der Waals surface area contributed by atoms with E-state index in [1.807, 2.05) is 0 Å². The fraction of sp³-hybridized carbons (Fsp3) is 0.0769. The van der Waals surface area contributed by atoms with Crippen LogP contribution in [0.5, 0.6) is 17.4 Å². The molecule has 0 spiro atoms. The van der Waals surface area contributed by atoms with Crippen LogP contribution in [0.1, 0.15) is 10.4 Å². The molecule has 2 rings (SSSR count). The highest BCUT2D eigenvalue weighted by Crippen LogP contribution is 2.28. The van der Waals surface area contributed by atoms with Gasteiger partial charge in [-0.15, -0.1) is 0 Å². The van der Waals surface area contributed by atoms with Crippen molar-refractivity contribution in [2.45, 2.75) is 0 Å². The summed E-state index contributed by atoms with van der Waals surface area (Å²) in [5.74, 6) is 0.865. The molecule has 98 valence electrons. The fourth-order valence-corrected chi connectivity index (χ4v) is 1.67. The Bertz CT molecular complexity index is 599. The molecule has 0 radical (unpaired) electrons. The highest BCUT2D eigenvalue weighted by atomic mass is 35.5. The van der Waals surface area contributed by atoms with Gasteiger partial charge >= 0.3 is 0 Å². The van der Waals surface area contributed by atoms with Crippen molar-refractivity contribution in [1.82, 2.24) is 4.98 Å². The zero-order chi connectivity index (χ0) is 13.8. The molecule has 5 nitrogen and oxygen atoms in total. The second kappa shape index (κ2) is 5.58. The first-order chi connectivity index (χ1) is 9.10. The van der Waals surface area contributed by atoms with Gasteiger partial charge in [0.1, 0.15) is 16.5 Å². The molecule has 2 aromatic rings. The van der Waals surface area contributed by atoms with Gasteiger partial charge in [-0.2, -0.15) is 0 Å². The maximum Gasteiger partial charge on any atom is 0.248 e. The fourth-order valence-electron chi connectivity index (χ4n) is 1.44. The molecule has 0 saturated heterocycles. The van der Waals surface area contributed by atoms with Gasteiger partial charge in [0.15, 0.2) is 0 Å². The molecular formula is C13H11ClN2O3. The van der Waals surface area contributed by atoms with E-state index in [1.54, 1.807) is 30.3 Å². The quantitative estimate of drug-likeness (QED) is 0.933. The Balaban J connectivity index is 2.16. The highest BCUT2D eigenvalue weighted by molar-refractivity contribution is 6.31. The minimum atomic E-state index is -0.485. The van der Waals surface area contributed by atoms with Gasteiger partial charge in [-0.3, -0.25) is 4.79 Å². The summed E-state index contributed by atoms with van der Waals surface area (Å²) in [6.07, 6.45) is 1.49. The van der Waals surface area contributed by atoms with E-state index in [0.717, 1.165) is 0 Å². The maximum atomic E-state index is 10.9. The molecule has 6 heteroatoms. The van der Waals surface area contributed by atoms with E-state index in [9.17, 15) is 4.79 Å². The molecule has 0 aliphatic heterocycles. The number of amides is 1. The van der Waals surface area contributed by atoms with Crippen molar-refractivity contribution in [3.63, 3.8) is 0 Å². The molecule has 0 aliphatic rings. The van der Waals surface area contributed by atoms with Crippen LogP contribution in [0, 0.1) is 0 Å². The van der Waals surface area contributed by atoms with E-state index in [4.69, 9.17) is 26.8 Å². The predicted molar refractivity (Wildman–Crippen MR) is 70.8 cm³/mol. The SMILES string of the molecule is COc1ncc(Oc2ccc(C(N)=O)cc2)cc1Cl. The topological polar surface area (TPSA) is 74.4 Å². The summed E-state index contributed by atoms with van der Waals surface area (Å²) in [7, 11) is 1.48. The number of carbonyl (C=O) groups excluding carboxylic acids is 1. The van der Waals surface area contributed by atoms with Crippen molar-refractivity contribution in [1.29, 1.82) is 0 Å². The first kappa shape index (κ1) is 13.2. The molecule has 0 saturated carbocycles. The molecule has 1 amide bonds. The molecule has 2 N–H and O–H groups in total. The normalized spacial score (nSPS) is 10.0. The molecule has 1 heterocycles. The summed E-state index contributed by atoms with van der Waals surface area (Å²) in [6.45, 7) is 0. The maximum absolute atomic E-state index is 10.9. The Kier molecular flexibility index (Phi) is 3.87. The first-order valence-corrected chi connectivity index (χ1v) is 5.75. The first-order valence-electron chi connectivity index (χ1n) is 5.37. The van der Waals surface area contributed by atoms with Crippen LogP contribution in [-0.2, 0) is 0 Å². The molecule has 0 unspecified atom stereocenters. The van der Waals surface area contributed by atoms with Crippen molar-refractivity contribution in [2.75, 3.05) is 7.11 Å².